The van der Waals surface area contributed by atoms with Crippen molar-refractivity contribution in [2.24, 2.45) is 0 Å². The van der Waals surface area contributed by atoms with Crippen LogP contribution in [0.2, 0.25) is 0 Å². The summed E-state index contributed by atoms with van der Waals surface area (Å²) >= 11 is 0. The van der Waals surface area contributed by atoms with E-state index in [-0.39, 0.29) is 30.2 Å². The van der Waals surface area contributed by atoms with Crippen LogP contribution in [-0.4, -0.2) is 35.1 Å². The van der Waals surface area contributed by atoms with Gasteiger partial charge in [-0.3, -0.25) is 4.79 Å². The van der Waals surface area contributed by atoms with Crippen molar-refractivity contribution in [2.75, 3.05) is 14.2 Å². The molecule has 0 spiro atoms. The highest BCUT2D eigenvalue weighted by atomic mass is 16.5. The molecular weight excluding hydrogens is 400 g/mol. The average molecular weight is 422 g/mol. The van der Waals surface area contributed by atoms with Crippen LogP contribution in [0.25, 0.3) is 6.08 Å². The predicted octanol–water partition coefficient (Wildman–Crippen LogP) is 2.99. The molecule has 8 nitrogen and oxygen atoms in total. The van der Waals surface area contributed by atoms with Gasteiger partial charge in [0.1, 0.15) is 18.1 Å². The summed E-state index contributed by atoms with van der Waals surface area (Å²) in [5, 5.41) is 13.2. The fraction of sp³-hybridized carbons (Fsp3) is 0.174. The van der Waals surface area contributed by atoms with Gasteiger partial charge in [0.2, 0.25) is 5.88 Å². The topological polar surface area (TPSA) is 99.9 Å². The second-order valence-electron chi connectivity index (χ2n) is 6.56. The summed E-state index contributed by atoms with van der Waals surface area (Å²) in [5.41, 5.74) is 1.62. The Morgan fingerprint density at radius 3 is 2.13 bits per heavy atom. The van der Waals surface area contributed by atoms with Crippen molar-refractivity contribution in [2.45, 2.75) is 13.2 Å². The maximum Gasteiger partial charge on any atom is 0.328 e. The Hall–Kier alpha value is -4.07. The monoisotopic (exact) mass is 422 g/mol. The van der Waals surface area contributed by atoms with E-state index in [1.165, 1.54) is 16.8 Å². The van der Waals surface area contributed by atoms with Gasteiger partial charge >= 0.3 is 5.97 Å². The molecule has 1 heterocycles. The van der Waals surface area contributed by atoms with Gasteiger partial charge in [0, 0.05) is 17.7 Å². The number of carboxylic acids is 1. The number of rotatable bonds is 9. The van der Waals surface area contributed by atoms with E-state index < -0.39 is 5.97 Å². The first kappa shape index (κ1) is 21.6. The average Bonchev–Trinajstić information content (AvgIpc) is 2.79. The summed E-state index contributed by atoms with van der Waals surface area (Å²) in [6.07, 6.45) is 2.22. The minimum atomic E-state index is -1.14. The molecule has 0 aliphatic rings. The van der Waals surface area contributed by atoms with Crippen molar-refractivity contribution in [3.63, 3.8) is 0 Å². The molecule has 0 amide bonds. The summed E-state index contributed by atoms with van der Waals surface area (Å²) in [5.74, 6) is 0.451. The lowest BCUT2D eigenvalue weighted by molar-refractivity contribution is -0.131. The van der Waals surface area contributed by atoms with Crippen LogP contribution in [0, 0.1) is 0 Å². The number of methoxy groups -OCH3 is 2. The SMILES string of the molecule is COc1ccc(COc2nn(Cc3ccc(OC)cc3)c(=O)cc2/C=C/C(=O)O)cc1. The van der Waals surface area contributed by atoms with Gasteiger partial charge in [-0.15, -0.1) is 5.10 Å². The zero-order valence-electron chi connectivity index (χ0n) is 17.1. The third kappa shape index (κ3) is 5.96. The normalized spacial score (nSPS) is 10.8. The lowest BCUT2D eigenvalue weighted by atomic mass is 10.2. The van der Waals surface area contributed by atoms with Gasteiger partial charge in [0.15, 0.2) is 0 Å². The largest absolute Gasteiger partial charge is 0.497 e. The van der Waals surface area contributed by atoms with Gasteiger partial charge in [-0.25, -0.2) is 9.48 Å². The maximum absolute atomic E-state index is 12.5. The molecule has 1 aromatic heterocycles. The number of nitrogens with zero attached hydrogens (tertiary/aromatic N) is 2. The number of ether oxygens (including phenoxy) is 3. The summed E-state index contributed by atoms with van der Waals surface area (Å²) in [6, 6.07) is 15.9. The van der Waals surface area contributed by atoms with Crippen LogP contribution >= 0.6 is 0 Å². The third-order valence-electron chi connectivity index (χ3n) is 4.42. The number of hydrogen-bond donors (Lipinski definition) is 1. The van der Waals surface area contributed by atoms with E-state index in [0.717, 1.165) is 23.0 Å². The van der Waals surface area contributed by atoms with Crippen molar-refractivity contribution in [1.29, 1.82) is 0 Å². The first-order valence-electron chi connectivity index (χ1n) is 9.40. The van der Waals surface area contributed by atoms with Gasteiger partial charge in [-0.2, -0.15) is 0 Å². The van der Waals surface area contributed by atoms with Crippen molar-refractivity contribution in [3.05, 3.63) is 87.7 Å². The predicted molar refractivity (Wildman–Crippen MR) is 115 cm³/mol. The highest BCUT2D eigenvalue weighted by Gasteiger charge is 2.10. The lowest BCUT2D eigenvalue weighted by Gasteiger charge is -2.12. The van der Waals surface area contributed by atoms with E-state index in [4.69, 9.17) is 19.3 Å². The molecule has 0 bridgehead atoms. The molecule has 0 radical (unpaired) electrons. The molecule has 8 heteroatoms. The van der Waals surface area contributed by atoms with E-state index in [1.54, 1.807) is 26.4 Å². The van der Waals surface area contributed by atoms with Crippen molar-refractivity contribution in [1.82, 2.24) is 9.78 Å². The fourth-order valence-corrected chi connectivity index (χ4v) is 2.77. The van der Waals surface area contributed by atoms with Gasteiger partial charge in [0.25, 0.3) is 5.56 Å². The smallest absolute Gasteiger partial charge is 0.328 e. The zero-order chi connectivity index (χ0) is 22.2. The Morgan fingerprint density at radius 2 is 1.58 bits per heavy atom. The molecule has 2 aromatic carbocycles. The van der Waals surface area contributed by atoms with Gasteiger partial charge in [0.05, 0.1) is 20.8 Å². The van der Waals surface area contributed by atoms with Crippen LogP contribution in [0.15, 0.2) is 65.5 Å². The highest BCUT2D eigenvalue weighted by molar-refractivity contribution is 5.85. The number of hydrogen-bond acceptors (Lipinski definition) is 6. The van der Waals surface area contributed by atoms with Gasteiger partial charge in [-0.05, 0) is 41.5 Å². The van der Waals surface area contributed by atoms with Crippen molar-refractivity contribution < 1.29 is 24.1 Å². The first-order valence-corrected chi connectivity index (χ1v) is 9.40. The van der Waals surface area contributed by atoms with Crippen LogP contribution in [0.3, 0.4) is 0 Å². The molecule has 3 rings (SSSR count). The van der Waals surface area contributed by atoms with E-state index in [9.17, 15) is 9.59 Å². The Bertz CT molecular complexity index is 1120. The molecule has 0 fully saturated rings. The van der Waals surface area contributed by atoms with E-state index in [0.29, 0.717) is 5.75 Å². The summed E-state index contributed by atoms with van der Waals surface area (Å²) < 4.78 is 17.4. The Balaban J connectivity index is 1.87. The van der Waals surface area contributed by atoms with E-state index >= 15 is 0 Å². The molecule has 0 saturated carbocycles. The van der Waals surface area contributed by atoms with Crippen molar-refractivity contribution >= 4 is 12.0 Å². The summed E-state index contributed by atoms with van der Waals surface area (Å²) in [4.78, 5) is 23.4. The number of carbonyl (C=O) groups is 1. The molecule has 1 N–H and O–H groups in total. The molecule has 160 valence electrons. The van der Waals surface area contributed by atoms with Gasteiger partial charge < -0.3 is 19.3 Å². The minimum Gasteiger partial charge on any atom is -0.497 e. The molecule has 3 aromatic rings. The first-order chi connectivity index (χ1) is 15.0. The molecule has 0 aliphatic carbocycles. The second kappa shape index (κ2) is 10.1. The molecule has 0 unspecified atom stereocenters. The zero-order valence-corrected chi connectivity index (χ0v) is 17.1. The number of carboxylic acid groups (broad SMARTS) is 1. The Morgan fingerprint density at radius 1 is 1.00 bits per heavy atom. The quantitative estimate of drug-likeness (QED) is 0.529. The van der Waals surface area contributed by atoms with E-state index in [2.05, 4.69) is 5.10 Å². The molecule has 0 atom stereocenters. The van der Waals surface area contributed by atoms with Crippen LogP contribution in [-0.2, 0) is 17.9 Å². The van der Waals surface area contributed by atoms with Crippen LogP contribution in [0.1, 0.15) is 16.7 Å². The fourth-order valence-electron chi connectivity index (χ4n) is 2.77. The standard InChI is InChI=1S/C23H22N2O6/c1-29-19-8-3-16(4-9-19)14-25-21(26)13-18(7-12-22(27)28)23(24-25)31-15-17-5-10-20(30-2)11-6-17/h3-13H,14-15H2,1-2H3,(H,27,28)/b12-7+. The molecular formula is C23H22N2O6. The number of aliphatic carboxylic acids is 1. The lowest BCUT2D eigenvalue weighted by Crippen LogP contribution is -2.24. The van der Waals surface area contributed by atoms with Crippen molar-refractivity contribution in [3.8, 4) is 17.4 Å². The second-order valence-corrected chi connectivity index (χ2v) is 6.56. The van der Waals surface area contributed by atoms with Crippen LogP contribution in [0.4, 0.5) is 0 Å². The maximum atomic E-state index is 12.5. The molecule has 0 aliphatic heterocycles. The third-order valence-corrected chi connectivity index (χ3v) is 4.42. The number of aromatic nitrogens is 2. The molecule has 31 heavy (non-hydrogen) atoms. The highest BCUT2D eigenvalue weighted by Crippen LogP contribution is 2.19. The minimum absolute atomic E-state index is 0.154. The summed E-state index contributed by atoms with van der Waals surface area (Å²) in [6.45, 7) is 0.413. The van der Waals surface area contributed by atoms with Crippen LogP contribution in [0.5, 0.6) is 17.4 Å². The van der Waals surface area contributed by atoms with Crippen LogP contribution < -0.4 is 19.8 Å². The molecule has 0 saturated heterocycles. The number of benzene rings is 2. The van der Waals surface area contributed by atoms with Gasteiger partial charge in [-0.1, -0.05) is 24.3 Å². The Labute approximate surface area is 178 Å². The van der Waals surface area contributed by atoms with E-state index in [1.807, 2.05) is 36.4 Å². The summed E-state index contributed by atoms with van der Waals surface area (Å²) in [7, 11) is 3.17. The Kier molecular flexibility index (Phi) is 7.05.